The number of quaternary nitrogens is 1. The number of carbonyl (C=O) groups excluding carboxylic acids is 1. The molecule has 0 aliphatic heterocycles. The zero-order valence-corrected chi connectivity index (χ0v) is 12.6. The van der Waals surface area contributed by atoms with Gasteiger partial charge in [0, 0.05) is 0 Å². The second-order valence-corrected chi connectivity index (χ2v) is 6.38. The fourth-order valence-electron chi connectivity index (χ4n) is 1.51. The van der Waals surface area contributed by atoms with Gasteiger partial charge in [-0.3, -0.25) is 4.79 Å². The minimum atomic E-state index is -1.57. The Balaban J connectivity index is 2.58. The average Bonchev–Trinajstić information content (AvgIpc) is 2.34. The van der Waals surface area contributed by atoms with Crippen LogP contribution in [0.2, 0.25) is 0 Å². The molecule has 1 aromatic rings. The van der Waals surface area contributed by atoms with Crippen molar-refractivity contribution in [2.45, 2.75) is 16.4 Å². The number of benzene rings is 1. The summed E-state index contributed by atoms with van der Waals surface area (Å²) in [6.45, 7) is 4.13. The highest BCUT2D eigenvalue weighted by atomic mass is 35.6. The van der Waals surface area contributed by atoms with Gasteiger partial charge >= 0.3 is 0 Å². The quantitative estimate of drug-likeness (QED) is 0.468. The van der Waals surface area contributed by atoms with E-state index in [1.807, 2.05) is 30.3 Å². The molecule has 0 aliphatic rings. The smallest absolute Gasteiger partial charge is 0.262 e. The van der Waals surface area contributed by atoms with E-state index in [2.05, 4.69) is 11.9 Å². The maximum absolute atomic E-state index is 11.9. The van der Waals surface area contributed by atoms with E-state index in [4.69, 9.17) is 34.8 Å². The van der Waals surface area contributed by atoms with Crippen molar-refractivity contribution in [1.29, 1.82) is 0 Å². The standard InChI is InChI=1S/C13H15Cl3N2O/c1-2-8-17-12(13(14,15)16)18-11(19)9-10-6-4-3-5-7-10/h2-7,12,17H,1,8-9H2,(H,18,19)/p+1/t12-/m0/s1. The van der Waals surface area contributed by atoms with Crippen LogP contribution in [0.25, 0.3) is 0 Å². The number of carbonyl (C=O) groups is 1. The van der Waals surface area contributed by atoms with E-state index >= 15 is 0 Å². The first-order valence-corrected chi connectivity index (χ1v) is 6.91. The summed E-state index contributed by atoms with van der Waals surface area (Å²) < 4.78 is -1.57. The van der Waals surface area contributed by atoms with E-state index in [0.717, 1.165) is 5.56 Å². The van der Waals surface area contributed by atoms with Crippen LogP contribution < -0.4 is 10.6 Å². The van der Waals surface area contributed by atoms with Crippen molar-refractivity contribution in [1.82, 2.24) is 5.32 Å². The van der Waals surface area contributed by atoms with Crippen LogP contribution in [0.15, 0.2) is 43.0 Å². The Kier molecular flexibility index (Phi) is 6.66. The summed E-state index contributed by atoms with van der Waals surface area (Å²) in [7, 11) is 0. The fraction of sp³-hybridized carbons (Fsp3) is 0.308. The lowest BCUT2D eigenvalue weighted by Gasteiger charge is -2.22. The number of hydrogen-bond acceptors (Lipinski definition) is 1. The van der Waals surface area contributed by atoms with E-state index in [1.165, 1.54) is 0 Å². The Hall–Kier alpha value is -0.740. The van der Waals surface area contributed by atoms with Crippen LogP contribution in [-0.4, -0.2) is 22.4 Å². The van der Waals surface area contributed by atoms with Crippen molar-refractivity contribution in [3.63, 3.8) is 0 Å². The Labute approximate surface area is 127 Å². The molecule has 0 saturated carbocycles. The molecular formula is C13H16Cl3N2O+. The lowest BCUT2D eigenvalue weighted by molar-refractivity contribution is -0.683. The Morgan fingerprint density at radius 2 is 2.00 bits per heavy atom. The average molecular weight is 323 g/mol. The SMILES string of the molecule is C=CC[NH2+][C@@H](NC(=O)Cc1ccccc1)C(Cl)(Cl)Cl. The molecule has 19 heavy (non-hydrogen) atoms. The molecule has 104 valence electrons. The van der Waals surface area contributed by atoms with Crippen LogP contribution in [0.1, 0.15) is 5.56 Å². The molecule has 1 amide bonds. The van der Waals surface area contributed by atoms with Crippen molar-refractivity contribution in [3.8, 4) is 0 Å². The molecule has 0 aliphatic carbocycles. The van der Waals surface area contributed by atoms with Crippen molar-refractivity contribution in [2.75, 3.05) is 6.54 Å². The monoisotopic (exact) mass is 321 g/mol. The summed E-state index contributed by atoms with van der Waals surface area (Å²) in [5, 5.41) is 4.41. The highest BCUT2D eigenvalue weighted by Crippen LogP contribution is 2.27. The van der Waals surface area contributed by atoms with Gasteiger partial charge in [0.05, 0.1) is 13.0 Å². The number of halogens is 3. The maximum Gasteiger partial charge on any atom is 0.262 e. The molecule has 0 spiro atoms. The summed E-state index contributed by atoms with van der Waals surface area (Å²) in [6, 6.07) is 9.38. The van der Waals surface area contributed by atoms with Crippen molar-refractivity contribution in [2.24, 2.45) is 0 Å². The maximum atomic E-state index is 11.9. The molecule has 3 N–H and O–H groups in total. The van der Waals surface area contributed by atoms with Gasteiger partial charge in [-0.1, -0.05) is 71.7 Å². The third-order valence-corrected chi connectivity index (χ3v) is 3.12. The largest absolute Gasteiger partial charge is 0.320 e. The van der Waals surface area contributed by atoms with E-state index in [0.29, 0.717) is 6.54 Å². The molecule has 0 saturated heterocycles. The summed E-state index contributed by atoms with van der Waals surface area (Å²) in [5.41, 5.74) is 0.909. The molecule has 0 radical (unpaired) electrons. The fourth-order valence-corrected chi connectivity index (χ4v) is 1.94. The number of nitrogens with one attached hydrogen (secondary N) is 1. The van der Waals surface area contributed by atoms with Gasteiger partial charge in [0.25, 0.3) is 3.79 Å². The van der Waals surface area contributed by atoms with E-state index in [-0.39, 0.29) is 12.3 Å². The van der Waals surface area contributed by atoms with Crippen LogP contribution in [0.5, 0.6) is 0 Å². The van der Waals surface area contributed by atoms with Crippen LogP contribution >= 0.6 is 34.8 Å². The van der Waals surface area contributed by atoms with Crippen molar-refractivity contribution >= 4 is 40.7 Å². The van der Waals surface area contributed by atoms with Gasteiger partial charge in [0.1, 0.15) is 0 Å². The highest BCUT2D eigenvalue weighted by molar-refractivity contribution is 6.68. The molecule has 0 unspecified atom stereocenters. The molecule has 0 fully saturated rings. The minimum absolute atomic E-state index is 0.192. The highest BCUT2D eigenvalue weighted by Gasteiger charge is 2.36. The van der Waals surface area contributed by atoms with Crippen molar-refractivity contribution in [3.05, 3.63) is 48.6 Å². The third kappa shape index (κ3) is 6.30. The molecule has 0 aromatic heterocycles. The number of hydrogen-bond donors (Lipinski definition) is 2. The van der Waals surface area contributed by atoms with Crippen molar-refractivity contribution < 1.29 is 10.1 Å². The van der Waals surface area contributed by atoms with Crippen LogP contribution in [-0.2, 0) is 11.2 Å². The Bertz CT molecular complexity index is 418. The van der Waals surface area contributed by atoms with Gasteiger partial charge < -0.3 is 10.6 Å². The first kappa shape index (κ1) is 16.3. The zero-order valence-electron chi connectivity index (χ0n) is 10.3. The van der Waals surface area contributed by atoms with Crippen LogP contribution in [0.3, 0.4) is 0 Å². The normalized spacial score (nSPS) is 12.8. The van der Waals surface area contributed by atoms with E-state index in [1.54, 1.807) is 11.4 Å². The third-order valence-electron chi connectivity index (χ3n) is 2.42. The molecule has 0 heterocycles. The topological polar surface area (TPSA) is 45.7 Å². The van der Waals surface area contributed by atoms with Gasteiger partial charge in [-0.2, -0.15) is 0 Å². The zero-order chi connectivity index (χ0) is 14.3. The molecule has 1 atom stereocenters. The lowest BCUT2D eigenvalue weighted by atomic mass is 10.1. The number of amides is 1. The van der Waals surface area contributed by atoms with E-state index in [9.17, 15) is 4.79 Å². The summed E-state index contributed by atoms with van der Waals surface area (Å²) in [4.78, 5) is 11.9. The molecule has 3 nitrogen and oxygen atoms in total. The molecule has 1 rings (SSSR count). The van der Waals surface area contributed by atoms with Gasteiger partial charge in [0.2, 0.25) is 12.1 Å². The summed E-state index contributed by atoms with van der Waals surface area (Å²) in [5.74, 6) is -0.192. The van der Waals surface area contributed by atoms with Gasteiger partial charge in [-0.05, 0) is 11.6 Å². The van der Waals surface area contributed by atoms with E-state index < -0.39 is 9.96 Å². The second kappa shape index (κ2) is 7.75. The molecule has 6 heteroatoms. The predicted octanol–water partition coefficient (Wildman–Crippen LogP) is 1.79. The second-order valence-electron chi connectivity index (χ2n) is 4.01. The Morgan fingerprint density at radius 1 is 1.37 bits per heavy atom. The van der Waals surface area contributed by atoms with Gasteiger partial charge in [0.15, 0.2) is 0 Å². The number of nitrogens with two attached hydrogens (primary N) is 1. The molecular weight excluding hydrogens is 307 g/mol. The summed E-state index contributed by atoms with van der Waals surface area (Å²) in [6.07, 6.45) is 1.28. The molecule has 1 aromatic carbocycles. The van der Waals surface area contributed by atoms with Crippen LogP contribution in [0.4, 0.5) is 0 Å². The van der Waals surface area contributed by atoms with Crippen LogP contribution in [0, 0.1) is 0 Å². The Morgan fingerprint density at radius 3 is 2.53 bits per heavy atom. The summed E-state index contributed by atoms with van der Waals surface area (Å²) >= 11 is 17.5. The minimum Gasteiger partial charge on any atom is -0.320 e. The van der Waals surface area contributed by atoms with Gasteiger partial charge in [-0.15, -0.1) is 0 Å². The number of rotatable bonds is 6. The first-order valence-electron chi connectivity index (χ1n) is 5.77. The number of alkyl halides is 3. The predicted molar refractivity (Wildman–Crippen MR) is 79.4 cm³/mol. The van der Waals surface area contributed by atoms with Gasteiger partial charge in [-0.25, -0.2) is 0 Å². The molecule has 0 bridgehead atoms. The lowest BCUT2D eigenvalue weighted by Crippen LogP contribution is -2.96. The first-order chi connectivity index (χ1) is 8.93.